The molecule has 1 heterocycles. The summed E-state index contributed by atoms with van der Waals surface area (Å²) < 4.78 is 10.5. The van der Waals surface area contributed by atoms with Crippen LogP contribution in [0.5, 0.6) is 0 Å². The SMILES string of the molecule is ISOCC1C2COCC21. The van der Waals surface area contributed by atoms with Gasteiger partial charge in [-0.3, -0.25) is 0 Å². The molecule has 1 saturated carbocycles. The molecule has 2 aliphatic rings. The molecule has 58 valence electrons. The lowest BCUT2D eigenvalue weighted by molar-refractivity contribution is 0.141. The summed E-state index contributed by atoms with van der Waals surface area (Å²) in [6, 6.07) is 0. The Balaban J connectivity index is 1.69. The van der Waals surface area contributed by atoms with E-state index in [0.717, 1.165) is 37.6 Å². The van der Waals surface area contributed by atoms with Crippen molar-refractivity contribution >= 4 is 30.4 Å². The first-order valence-corrected chi connectivity index (χ1v) is 6.70. The van der Waals surface area contributed by atoms with Crippen molar-refractivity contribution in [2.24, 2.45) is 17.8 Å². The molecule has 2 atom stereocenters. The third-order valence-corrected chi connectivity index (χ3v) is 3.42. The van der Waals surface area contributed by atoms with Gasteiger partial charge < -0.3 is 8.92 Å². The van der Waals surface area contributed by atoms with Crippen molar-refractivity contribution in [1.82, 2.24) is 0 Å². The Bertz CT molecular complexity index is 123. The van der Waals surface area contributed by atoms with Crippen LogP contribution in [0.1, 0.15) is 0 Å². The van der Waals surface area contributed by atoms with E-state index < -0.39 is 0 Å². The Hall–Kier alpha value is 1.00. The van der Waals surface area contributed by atoms with Gasteiger partial charge in [-0.15, -0.1) is 0 Å². The van der Waals surface area contributed by atoms with E-state index in [2.05, 4.69) is 21.2 Å². The summed E-state index contributed by atoms with van der Waals surface area (Å²) in [5.74, 6) is 2.49. The number of ether oxygens (including phenoxy) is 1. The Morgan fingerprint density at radius 3 is 2.80 bits per heavy atom. The molecular weight excluding hydrogens is 263 g/mol. The van der Waals surface area contributed by atoms with E-state index in [-0.39, 0.29) is 0 Å². The quantitative estimate of drug-likeness (QED) is 0.577. The lowest BCUT2D eigenvalue weighted by Crippen LogP contribution is -2.01. The second-order valence-electron chi connectivity index (χ2n) is 2.88. The minimum Gasteiger partial charge on any atom is -0.381 e. The van der Waals surface area contributed by atoms with E-state index in [0.29, 0.717) is 0 Å². The largest absolute Gasteiger partial charge is 0.381 e. The van der Waals surface area contributed by atoms with E-state index in [9.17, 15) is 0 Å². The maximum absolute atomic E-state index is 5.25. The third kappa shape index (κ3) is 1.31. The molecule has 0 aromatic heterocycles. The molecule has 0 bridgehead atoms. The number of fused-ring (bicyclic) bond motifs is 1. The van der Waals surface area contributed by atoms with Crippen molar-refractivity contribution in [3.63, 3.8) is 0 Å². The molecule has 0 amide bonds. The zero-order valence-corrected chi connectivity index (χ0v) is 8.43. The molecule has 0 aromatic carbocycles. The van der Waals surface area contributed by atoms with Crippen LogP contribution in [0.15, 0.2) is 0 Å². The Kier molecular flexibility index (Phi) is 2.42. The molecular formula is C6H9IO2S. The van der Waals surface area contributed by atoms with Crippen LogP contribution in [0.25, 0.3) is 0 Å². The van der Waals surface area contributed by atoms with E-state index in [1.807, 2.05) is 0 Å². The van der Waals surface area contributed by atoms with E-state index in [1.165, 1.54) is 9.21 Å². The van der Waals surface area contributed by atoms with Crippen molar-refractivity contribution < 1.29 is 8.92 Å². The first-order valence-electron chi connectivity index (χ1n) is 3.41. The van der Waals surface area contributed by atoms with Gasteiger partial charge in [0.2, 0.25) is 0 Å². The van der Waals surface area contributed by atoms with Crippen LogP contribution >= 0.6 is 30.4 Å². The van der Waals surface area contributed by atoms with Crippen LogP contribution in [-0.4, -0.2) is 19.8 Å². The number of rotatable bonds is 3. The molecule has 4 heteroatoms. The maximum atomic E-state index is 5.25. The van der Waals surface area contributed by atoms with Gasteiger partial charge in [-0.1, -0.05) is 0 Å². The first kappa shape index (κ1) is 7.64. The smallest absolute Gasteiger partial charge is 0.0658 e. The van der Waals surface area contributed by atoms with Crippen molar-refractivity contribution in [3.05, 3.63) is 0 Å². The average molecular weight is 272 g/mol. The Morgan fingerprint density at radius 1 is 1.50 bits per heavy atom. The van der Waals surface area contributed by atoms with Gasteiger partial charge in [0.15, 0.2) is 0 Å². The van der Waals surface area contributed by atoms with Gasteiger partial charge in [-0.05, 0) is 17.8 Å². The topological polar surface area (TPSA) is 18.5 Å². The molecule has 0 spiro atoms. The minimum absolute atomic E-state index is 0.816. The van der Waals surface area contributed by atoms with Crippen molar-refractivity contribution in [2.45, 2.75) is 0 Å². The predicted molar refractivity (Wildman–Crippen MR) is 48.9 cm³/mol. The molecule has 10 heavy (non-hydrogen) atoms. The molecule has 1 aliphatic heterocycles. The molecule has 2 nitrogen and oxygen atoms in total. The standard InChI is InChI=1S/C6H9IO2S/c7-10-9-3-6-4-1-8-2-5(4)6/h4-6H,1-3H2. The summed E-state index contributed by atoms with van der Waals surface area (Å²) in [5.41, 5.74) is 0. The molecule has 0 N–H and O–H groups in total. The molecule has 0 radical (unpaired) electrons. The van der Waals surface area contributed by atoms with Gasteiger partial charge >= 0.3 is 0 Å². The highest BCUT2D eigenvalue weighted by Gasteiger charge is 2.53. The summed E-state index contributed by atoms with van der Waals surface area (Å²) in [4.78, 5) is 0. The van der Waals surface area contributed by atoms with Crippen molar-refractivity contribution in [3.8, 4) is 0 Å². The third-order valence-electron chi connectivity index (χ3n) is 2.43. The maximum Gasteiger partial charge on any atom is 0.0658 e. The fourth-order valence-electron chi connectivity index (χ4n) is 1.71. The summed E-state index contributed by atoms with van der Waals surface area (Å²) in [7, 11) is 1.44. The Morgan fingerprint density at radius 2 is 2.20 bits per heavy atom. The number of hydrogen-bond donors (Lipinski definition) is 0. The van der Waals surface area contributed by atoms with E-state index in [4.69, 9.17) is 8.92 Å². The van der Waals surface area contributed by atoms with Crippen LogP contribution < -0.4 is 0 Å². The highest BCUT2D eigenvalue weighted by molar-refractivity contribution is 14.2. The highest BCUT2D eigenvalue weighted by Crippen LogP contribution is 2.51. The molecule has 0 aromatic rings. The van der Waals surface area contributed by atoms with Gasteiger partial charge in [0.25, 0.3) is 0 Å². The summed E-state index contributed by atoms with van der Waals surface area (Å²) in [6.07, 6.45) is 0. The van der Waals surface area contributed by atoms with Crippen LogP contribution in [0, 0.1) is 17.8 Å². The number of hydrogen-bond acceptors (Lipinski definition) is 3. The monoisotopic (exact) mass is 272 g/mol. The van der Waals surface area contributed by atoms with Gasteiger partial charge in [0.1, 0.15) is 0 Å². The van der Waals surface area contributed by atoms with Crippen LogP contribution in [0.4, 0.5) is 0 Å². The van der Waals surface area contributed by atoms with E-state index in [1.54, 1.807) is 0 Å². The summed E-state index contributed by atoms with van der Waals surface area (Å²) in [6.45, 7) is 2.88. The fourth-order valence-corrected chi connectivity index (χ4v) is 2.36. The second kappa shape index (κ2) is 3.16. The summed E-state index contributed by atoms with van der Waals surface area (Å²) in [5, 5.41) is 0. The fraction of sp³-hybridized carbons (Fsp3) is 1.00. The van der Waals surface area contributed by atoms with Crippen molar-refractivity contribution in [1.29, 1.82) is 0 Å². The van der Waals surface area contributed by atoms with Gasteiger partial charge in [0, 0.05) is 21.2 Å². The van der Waals surface area contributed by atoms with Crippen LogP contribution in [0.2, 0.25) is 0 Å². The Labute approximate surface area is 76.8 Å². The van der Waals surface area contributed by atoms with Crippen LogP contribution in [0.3, 0.4) is 0 Å². The predicted octanol–water partition coefficient (Wildman–Crippen LogP) is 1.89. The molecule has 2 fully saturated rings. The van der Waals surface area contributed by atoms with Gasteiger partial charge in [0.05, 0.1) is 29.0 Å². The minimum atomic E-state index is 0.816. The zero-order chi connectivity index (χ0) is 6.97. The lowest BCUT2D eigenvalue weighted by atomic mass is 10.3. The summed E-state index contributed by atoms with van der Waals surface area (Å²) >= 11 is 2.16. The van der Waals surface area contributed by atoms with Crippen molar-refractivity contribution in [2.75, 3.05) is 19.8 Å². The van der Waals surface area contributed by atoms with Gasteiger partial charge in [-0.2, -0.15) is 0 Å². The second-order valence-corrected chi connectivity index (χ2v) is 4.32. The zero-order valence-electron chi connectivity index (χ0n) is 5.46. The lowest BCUT2D eigenvalue weighted by Gasteiger charge is -2.00. The van der Waals surface area contributed by atoms with Gasteiger partial charge in [-0.25, -0.2) is 0 Å². The molecule has 2 unspecified atom stereocenters. The molecule has 1 aliphatic carbocycles. The number of halogens is 1. The first-order chi connectivity index (χ1) is 4.93. The van der Waals surface area contributed by atoms with Crippen LogP contribution in [-0.2, 0) is 8.92 Å². The molecule has 1 saturated heterocycles. The molecule has 2 rings (SSSR count). The average Bonchev–Trinajstić information content (AvgIpc) is 2.46. The van der Waals surface area contributed by atoms with E-state index >= 15 is 0 Å². The normalized spacial score (nSPS) is 43.5. The highest BCUT2D eigenvalue weighted by atomic mass is 127.